The highest BCUT2D eigenvalue weighted by Crippen LogP contribution is 2.38. The molecule has 1 aliphatic heterocycles. The van der Waals surface area contributed by atoms with Crippen LogP contribution in [0.5, 0.6) is 0 Å². The molecule has 1 fully saturated rings. The monoisotopic (exact) mass is 700 g/mol. The lowest BCUT2D eigenvalue weighted by Crippen LogP contribution is -2.54. The largest absolute Gasteiger partial charge is 0.465 e. The number of anilines is 2. The first kappa shape index (κ1) is 36.7. The number of aromatic nitrogens is 3. The topological polar surface area (TPSA) is 113 Å². The summed E-state index contributed by atoms with van der Waals surface area (Å²) in [6.45, 7) is 14.7. The number of ether oxygens (including phenoxy) is 1. The third kappa shape index (κ3) is 8.96. The second-order valence-corrected chi connectivity index (χ2v) is 20.4. The smallest absolute Gasteiger partial charge is 0.408 e. The van der Waals surface area contributed by atoms with E-state index in [-0.39, 0.29) is 25.0 Å². The van der Waals surface area contributed by atoms with Gasteiger partial charge in [0.25, 0.3) is 5.91 Å². The summed E-state index contributed by atoms with van der Waals surface area (Å²) >= 11 is 0. The zero-order valence-corrected chi connectivity index (χ0v) is 30.9. The van der Waals surface area contributed by atoms with Gasteiger partial charge in [-0.15, -0.1) is 0 Å². The van der Waals surface area contributed by atoms with Gasteiger partial charge in [-0.2, -0.15) is 0 Å². The molecule has 5 rings (SSSR count). The van der Waals surface area contributed by atoms with E-state index in [0.717, 1.165) is 22.9 Å². The van der Waals surface area contributed by atoms with Crippen molar-refractivity contribution in [1.82, 2.24) is 19.4 Å². The van der Waals surface area contributed by atoms with Crippen molar-refractivity contribution in [3.05, 3.63) is 96.0 Å². The Labute approximate surface area is 295 Å². The fourth-order valence-corrected chi connectivity index (χ4v) is 7.27. The van der Waals surface area contributed by atoms with Gasteiger partial charge < -0.3 is 24.6 Å². The zero-order chi connectivity index (χ0) is 36.1. The number of nitrogens with zero attached hydrogens (tertiary/aromatic N) is 5. The summed E-state index contributed by atoms with van der Waals surface area (Å²) in [4.78, 5) is 38.8. The highest BCUT2D eigenvalue weighted by atomic mass is 28.3. The van der Waals surface area contributed by atoms with Crippen molar-refractivity contribution in [2.45, 2.75) is 78.1 Å². The molecule has 2 aromatic heterocycles. The molecule has 0 unspecified atom stereocenters. The Morgan fingerprint density at radius 1 is 1.08 bits per heavy atom. The Morgan fingerprint density at radius 2 is 1.80 bits per heavy atom. The first-order valence-electron chi connectivity index (χ1n) is 17.2. The van der Waals surface area contributed by atoms with Crippen LogP contribution in [0.2, 0.25) is 25.7 Å². The van der Waals surface area contributed by atoms with Gasteiger partial charge in [0.15, 0.2) is 0 Å². The number of imidazole rings is 1. The van der Waals surface area contributed by atoms with Crippen LogP contribution < -0.4 is 10.2 Å². The van der Waals surface area contributed by atoms with E-state index >= 15 is 4.39 Å². The first-order valence-corrected chi connectivity index (χ1v) is 20.9. The van der Waals surface area contributed by atoms with Crippen LogP contribution in [-0.2, 0) is 18.0 Å². The summed E-state index contributed by atoms with van der Waals surface area (Å²) < 4.78 is 23.3. The molecular formula is C38H49FN6O4Si. The normalized spacial score (nSPS) is 14.1. The Hall–Kier alpha value is -4.55. The first-order chi connectivity index (χ1) is 23.7. The minimum absolute atomic E-state index is 0.0482. The number of pyridine rings is 1. The van der Waals surface area contributed by atoms with Crippen molar-refractivity contribution >= 4 is 31.4 Å². The predicted octanol–water partition coefficient (Wildman–Crippen LogP) is 8.13. The van der Waals surface area contributed by atoms with Crippen molar-refractivity contribution < 1.29 is 23.8 Å². The number of benzene rings is 2. The van der Waals surface area contributed by atoms with Crippen LogP contribution in [0.4, 0.5) is 20.6 Å². The number of carboxylic acid groups (broad SMARTS) is 1. The highest BCUT2D eigenvalue weighted by molar-refractivity contribution is 6.76. The Morgan fingerprint density at radius 3 is 2.46 bits per heavy atom. The number of hydrogen-bond acceptors (Lipinski definition) is 6. The van der Waals surface area contributed by atoms with E-state index < -0.39 is 31.4 Å². The number of amides is 2. The maximum absolute atomic E-state index is 15.6. The van der Waals surface area contributed by atoms with E-state index in [1.165, 1.54) is 11.0 Å². The molecule has 2 N–H and O–H groups in total. The molecule has 3 heterocycles. The number of piperidine rings is 1. The zero-order valence-electron chi connectivity index (χ0n) is 29.9. The van der Waals surface area contributed by atoms with E-state index in [4.69, 9.17) is 9.72 Å². The van der Waals surface area contributed by atoms with Crippen LogP contribution in [0, 0.1) is 18.7 Å². The Bertz CT molecular complexity index is 1780. The van der Waals surface area contributed by atoms with Gasteiger partial charge in [-0.25, -0.2) is 14.2 Å². The lowest BCUT2D eigenvalue weighted by Gasteiger charge is -2.46. The standard InChI is InChI=1S/C38H49FN6O4Si/c1-27-23-29(15-18-40-27)33-25-44(26-49-21-22-50(4,5)6)35(41-33)36(46)42-32-14-10-13-31(39)34(32)43-19-16-30(17-20-43)38(2,3)45(37(47)48)24-28-11-8-7-9-12-28/h7-15,18,23,25,30H,16-17,19-22,24,26H2,1-6H3,(H,42,46)(H,47,48). The average molecular weight is 701 g/mol. The van der Waals surface area contributed by atoms with Gasteiger partial charge in [-0.05, 0) is 75.4 Å². The van der Waals surface area contributed by atoms with Crippen LogP contribution in [0.3, 0.4) is 0 Å². The van der Waals surface area contributed by atoms with Crippen molar-refractivity contribution in [2.24, 2.45) is 5.92 Å². The van der Waals surface area contributed by atoms with Crippen LogP contribution >= 0.6 is 0 Å². The van der Waals surface area contributed by atoms with Crippen LogP contribution in [0.25, 0.3) is 11.3 Å². The summed E-state index contributed by atoms with van der Waals surface area (Å²) in [5.74, 6) is -0.711. The fraction of sp³-hybridized carbons (Fsp3) is 0.421. The molecule has 0 saturated carbocycles. The Balaban J connectivity index is 1.33. The molecule has 12 heteroatoms. The van der Waals surface area contributed by atoms with Gasteiger partial charge in [0.2, 0.25) is 5.82 Å². The molecule has 2 aromatic carbocycles. The predicted molar refractivity (Wildman–Crippen MR) is 198 cm³/mol. The van der Waals surface area contributed by atoms with Crippen molar-refractivity contribution in [2.75, 3.05) is 29.9 Å². The molecule has 0 radical (unpaired) electrons. The molecule has 0 bridgehead atoms. The number of nitrogens with one attached hydrogen (secondary N) is 1. The number of halogens is 1. The number of rotatable bonds is 13. The maximum Gasteiger partial charge on any atom is 0.408 e. The molecule has 10 nitrogen and oxygen atoms in total. The van der Waals surface area contributed by atoms with Crippen molar-refractivity contribution in [1.29, 1.82) is 0 Å². The van der Waals surface area contributed by atoms with E-state index in [0.29, 0.717) is 49.6 Å². The molecule has 0 spiro atoms. The summed E-state index contributed by atoms with van der Waals surface area (Å²) in [5.41, 5.74) is 3.20. The summed E-state index contributed by atoms with van der Waals surface area (Å²) in [6, 6.07) is 19.0. The number of aryl methyl sites for hydroxylation is 1. The van der Waals surface area contributed by atoms with Gasteiger partial charge in [0, 0.05) is 63.5 Å². The van der Waals surface area contributed by atoms with Crippen LogP contribution in [0.15, 0.2) is 73.1 Å². The minimum atomic E-state index is -1.31. The molecule has 1 saturated heterocycles. The van der Waals surface area contributed by atoms with E-state index in [9.17, 15) is 14.7 Å². The molecule has 1 aliphatic rings. The van der Waals surface area contributed by atoms with E-state index in [2.05, 4.69) is 29.9 Å². The minimum Gasteiger partial charge on any atom is -0.465 e. The van der Waals surface area contributed by atoms with Crippen LogP contribution in [0.1, 0.15) is 48.6 Å². The summed E-state index contributed by atoms with van der Waals surface area (Å²) in [5, 5.41) is 13.1. The van der Waals surface area contributed by atoms with Gasteiger partial charge in [0.1, 0.15) is 12.5 Å². The molecule has 0 atom stereocenters. The number of hydrogen-bond donors (Lipinski definition) is 2. The summed E-state index contributed by atoms with van der Waals surface area (Å²) in [6.07, 6.45) is 3.85. The number of carbonyl (C=O) groups is 2. The Kier molecular flexibility index (Phi) is 11.4. The second-order valence-electron chi connectivity index (χ2n) is 14.8. The lowest BCUT2D eigenvalue weighted by atomic mass is 9.79. The van der Waals surface area contributed by atoms with E-state index in [1.54, 1.807) is 29.1 Å². The molecule has 4 aromatic rings. The molecule has 2 amide bonds. The van der Waals surface area contributed by atoms with Gasteiger partial charge >= 0.3 is 6.09 Å². The second kappa shape index (κ2) is 15.6. The molecule has 50 heavy (non-hydrogen) atoms. The van der Waals surface area contributed by atoms with Crippen molar-refractivity contribution in [3.63, 3.8) is 0 Å². The van der Waals surface area contributed by atoms with E-state index in [1.807, 2.05) is 68.1 Å². The maximum atomic E-state index is 15.6. The average Bonchev–Trinajstić information content (AvgIpc) is 3.50. The lowest BCUT2D eigenvalue weighted by molar-refractivity contribution is 0.0441. The van der Waals surface area contributed by atoms with Gasteiger partial charge in [-0.3, -0.25) is 14.7 Å². The summed E-state index contributed by atoms with van der Waals surface area (Å²) in [7, 11) is -1.31. The third-order valence-electron chi connectivity index (χ3n) is 9.55. The van der Waals surface area contributed by atoms with Gasteiger partial charge in [-0.1, -0.05) is 56.0 Å². The third-order valence-corrected chi connectivity index (χ3v) is 11.3. The van der Waals surface area contributed by atoms with Crippen LogP contribution in [-0.4, -0.2) is 69.9 Å². The quantitative estimate of drug-likeness (QED) is 0.107. The SMILES string of the molecule is Cc1cc(-c2cn(COCC[Si](C)(C)C)c(C(=O)Nc3cccc(F)c3N3CCC(C(C)(C)N(Cc4ccccc4)C(=O)O)CC3)n2)ccn1. The highest BCUT2D eigenvalue weighted by Gasteiger charge is 2.40. The molecular weight excluding hydrogens is 652 g/mol. The van der Waals surface area contributed by atoms with Crippen molar-refractivity contribution in [3.8, 4) is 11.3 Å². The van der Waals surface area contributed by atoms with Gasteiger partial charge in [0.05, 0.1) is 17.1 Å². The molecule has 266 valence electrons. The number of carbonyl (C=O) groups excluding carboxylic acids is 1. The molecule has 0 aliphatic carbocycles. The number of para-hydroxylation sites is 1. The fourth-order valence-electron chi connectivity index (χ4n) is 6.51.